The molecule has 3 amide bonds. The first-order valence-corrected chi connectivity index (χ1v) is 17.4. The molecule has 0 spiro atoms. The van der Waals surface area contributed by atoms with Gasteiger partial charge in [-0.05, 0) is 65.2 Å². The van der Waals surface area contributed by atoms with Crippen molar-refractivity contribution in [2.45, 2.75) is 10.8 Å². The highest BCUT2D eigenvalue weighted by atomic mass is 32.2. The monoisotopic (exact) mass is 700 g/mol. The Labute approximate surface area is 302 Å². The van der Waals surface area contributed by atoms with Crippen LogP contribution in [0.3, 0.4) is 0 Å². The normalized spacial score (nSPS) is 11.8. The lowest BCUT2D eigenvalue weighted by molar-refractivity contribution is -0.122. The SMILES string of the molecule is CN(C)c1ccc(N=Nc2ccc(C(=O)NCCNC(=O)C(CSC(c3ccccc3)(c3ccccc3)c3ccccc3)NC(=O)O)cc2)cc1. The van der Waals surface area contributed by atoms with Crippen molar-refractivity contribution in [3.8, 4) is 0 Å². The van der Waals surface area contributed by atoms with Crippen LogP contribution in [-0.4, -0.2) is 62.0 Å². The standard InChI is InChI=1S/C40H40N6O4S/c1-46(2)35-24-22-34(23-25-35)45-44-33-20-18-29(19-21-33)37(47)41-26-27-42-38(48)36(43-39(49)50)28-51-40(30-12-6-3-7-13-30,31-14-8-4-9-15-31)32-16-10-5-11-17-32/h3-25,36,43H,26-28H2,1-2H3,(H,41,47)(H,42,48)(H,49,50). The number of benzene rings is 5. The van der Waals surface area contributed by atoms with Gasteiger partial charge in [-0.3, -0.25) is 9.59 Å². The van der Waals surface area contributed by atoms with E-state index in [2.05, 4.69) is 26.2 Å². The summed E-state index contributed by atoms with van der Waals surface area (Å²) < 4.78 is -0.731. The first kappa shape index (κ1) is 36.3. The van der Waals surface area contributed by atoms with Crippen LogP contribution in [0.2, 0.25) is 0 Å². The summed E-state index contributed by atoms with van der Waals surface area (Å²) in [6, 6.07) is 43.2. The van der Waals surface area contributed by atoms with Gasteiger partial charge in [0.1, 0.15) is 6.04 Å². The van der Waals surface area contributed by atoms with Crippen LogP contribution >= 0.6 is 11.8 Å². The third-order valence-electron chi connectivity index (χ3n) is 8.11. The summed E-state index contributed by atoms with van der Waals surface area (Å²) in [5.74, 6) is -0.678. The predicted molar refractivity (Wildman–Crippen MR) is 203 cm³/mol. The Morgan fingerprint density at radius 2 is 1.12 bits per heavy atom. The number of nitrogens with zero attached hydrogens (tertiary/aromatic N) is 3. The third kappa shape index (κ3) is 9.61. The highest BCUT2D eigenvalue weighted by Gasteiger charge is 2.38. The van der Waals surface area contributed by atoms with Crippen molar-refractivity contribution in [3.05, 3.63) is 162 Å². The van der Waals surface area contributed by atoms with Crippen molar-refractivity contribution < 1.29 is 19.5 Å². The molecule has 0 fully saturated rings. The van der Waals surface area contributed by atoms with Crippen molar-refractivity contribution in [3.63, 3.8) is 0 Å². The van der Waals surface area contributed by atoms with E-state index < -0.39 is 22.8 Å². The van der Waals surface area contributed by atoms with Gasteiger partial charge in [-0.1, -0.05) is 91.0 Å². The second kappa shape index (κ2) is 17.6. The molecular weight excluding hydrogens is 661 g/mol. The van der Waals surface area contributed by atoms with Gasteiger partial charge >= 0.3 is 6.09 Å². The van der Waals surface area contributed by atoms with Crippen LogP contribution in [0.5, 0.6) is 0 Å². The summed E-state index contributed by atoms with van der Waals surface area (Å²) in [6.45, 7) is 0.247. The molecule has 260 valence electrons. The van der Waals surface area contributed by atoms with Crippen LogP contribution in [0.4, 0.5) is 21.9 Å². The van der Waals surface area contributed by atoms with Crippen molar-refractivity contribution in [1.29, 1.82) is 0 Å². The molecule has 0 saturated heterocycles. The lowest BCUT2D eigenvalue weighted by atomic mass is 9.84. The number of hydrogen-bond donors (Lipinski definition) is 4. The van der Waals surface area contributed by atoms with Crippen molar-refractivity contribution >= 4 is 46.7 Å². The summed E-state index contributed by atoms with van der Waals surface area (Å²) in [7, 11) is 3.94. The van der Waals surface area contributed by atoms with E-state index in [1.165, 1.54) is 11.8 Å². The van der Waals surface area contributed by atoms with E-state index in [1.54, 1.807) is 24.3 Å². The highest BCUT2D eigenvalue weighted by Crippen LogP contribution is 2.48. The maximum absolute atomic E-state index is 13.4. The lowest BCUT2D eigenvalue weighted by Gasteiger charge is -2.36. The lowest BCUT2D eigenvalue weighted by Crippen LogP contribution is -2.49. The molecule has 0 saturated carbocycles. The summed E-state index contributed by atoms with van der Waals surface area (Å²) >= 11 is 1.48. The number of rotatable bonds is 15. The van der Waals surface area contributed by atoms with E-state index in [9.17, 15) is 19.5 Å². The average molecular weight is 701 g/mol. The molecule has 5 aromatic carbocycles. The smallest absolute Gasteiger partial charge is 0.405 e. The molecule has 0 heterocycles. The maximum Gasteiger partial charge on any atom is 0.405 e. The fourth-order valence-corrected chi connectivity index (χ4v) is 7.07. The Kier molecular flexibility index (Phi) is 12.6. The average Bonchev–Trinajstić information content (AvgIpc) is 3.16. The molecule has 4 N–H and O–H groups in total. The van der Waals surface area contributed by atoms with Crippen molar-refractivity contribution in [2.24, 2.45) is 10.2 Å². The van der Waals surface area contributed by atoms with Crippen LogP contribution in [0.25, 0.3) is 0 Å². The molecule has 0 aliphatic carbocycles. The molecule has 11 heteroatoms. The molecule has 5 rings (SSSR count). The predicted octanol–water partition coefficient (Wildman–Crippen LogP) is 7.38. The molecule has 0 bridgehead atoms. The first-order valence-electron chi connectivity index (χ1n) is 16.4. The summed E-state index contributed by atoms with van der Waals surface area (Å²) in [4.78, 5) is 40.0. The largest absolute Gasteiger partial charge is 0.465 e. The van der Waals surface area contributed by atoms with E-state index in [1.807, 2.05) is 134 Å². The fraction of sp³-hybridized carbons (Fsp3) is 0.175. The number of carbonyl (C=O) groups excluding carboxylic acids is 2. The summed E-state index contributed by atoms with van der Waals surface area (Å²) in [6.07, 6.45) is -1.31. The second-order valence-electron chi connectivity index (χ2n) is 11.8. The van der Waals surface area contributed by atoms with Crippen LogP contribution in [0, 0.1) is 0 Å². The number of carbonyl (C=O) groups is 3. The molecule has 0 aliphatic heterocycles. The maximum atomic E-state index is 13.4. The minimum Gasteiger partial charge on any atom is -0.465 e. The van der Waals surface area contributed by atoms with E-state index in [-0.39, 0.29) is 24.7 Å². The number of azo groups is 1. The Morgan fingerprint density at radius 3 is 1.57 bits per heavy atom. The molecule has 0 aliphatic rings. The highest BCUT2D eigenvalue weighted by molar-refractivity contribution is 8.00. The zero-order chi connectivity index (χ0) is 36.1. The van der Waals surface area contributed by atoms with Gasteiger partial charge in [0.15, 0.2) is 0 Å². The zero-order valence-corrected chi connectivity index (χ0v) is 29.2. The molecule has 0 radical (unpaired) electrons. The molecular formula is C40H40N6O4S. The minimum atomic E-state index is -1.31. The number of nitrogens with one attached hydrogen (secondary N) is 3. The number of amides is 3. The van der Waals surface area contributed by atoms with Gasteiger partial charge in [0.05, 0.1) is 16.1 Å². The molecule has 5 aromatic rings. The summed E-state index contributed by atoms with van der Waals surface area (Å²) in [5.41, 5.74) is 5.79. The van der Waals surface area contributed by atoms with E-state index in [0.717, 1.165) is 22.4 Å². The van der Waals surface area contributed by atoms with Gasteiger partial charge in [0, 0.05) is 44.2 Å². The van der Waals surface area contributed by atoms with Crippen LogP contribution in [0.1, 0.15) is 27.0 Å². The van der Waals surface area contributed by atoms with Gasteiger partial charge in [0.2, 0.25) is 5.91 Å². The van der Waals surface area contributed by atoms with Gasteiger partial charge < -0.3 is 26.0 Å². The molecule has 1 atom stereocenters. The number of anilines is 1. The molecule has 1 unspecified atom stereocenters. The fourth-order valence-electron chi connectivity index (χ4n) is 5.51. The van der Waals surface area contributed by atoms with Crippen LogP contribution in [0.15, 0.2) is 150 Å². The third-order valence-corrected chi connectivity index (χ3v) is 9.75. The zero-order valence-electron chi connectivity index (χ0n) is 28.4. The molecule has 10 nitrogen and oxygen atoms in total. The van der Waals surface area contributed by atoms with Crippen molar-refractivity contribution in [1.82, 2.24) is 16.0 Å². The van der Waals surface area contributed by atoms with Gasteiger partial charge in [-0.25, -0.2) is 4.79 Å². The van der Waals surface area contributed by atoms with E-state index in [0.29, 0.717) is 16.9 Å². The minimum absolute atomic E-state index is 0.104. The Hall–Kier alpha value is -5.94. The van der Waals surface area contributed by atoms with Gasteiger partial charge in [0.25, 0.3) is 5.91 Å². The number of thioether (sulfide) groups is 1. The molecule has 0 aromatic heterocycles. The number of hydrogen-bond acceptors (Lipinski definition) is 7. The van der Waals surface area contributed by atoms with Gasteiger partial charge in [-0.15, -0.1) is 11.8 Å². The second-order valence-corrected chi connectivity index (χ2v) is 13.0. The van der Waals surface area contributed by atoms with E-state index in [4.69, 9.17) is 0 Å². The van der Waals surface area contributed by atoms with Crippen LogP contribution in [-0.2, 0) is 9.54 Å². The van der Waals surface area contributed by atoms with Crippen LogP contribution < -0.4 is 20.9 Å². The summed E-state index contributed by atoms with van der Waals surface area (Å²) in [5, 5.41) is 26.1. The topological polar surface area (TPSA) is 135 Å². The van der Waals surface area contributed by atoms with Gasteiger partial charge in [-0.2, -0.15) is 10.2 Å². The Balaban J connectivity index is 1.20. The Morgan fingerprint density at radius 1 is 0.667 bits per heavy atom. The van der Waals surface area contributed by atoms with Crippen molar-refractivity contribution in [2.75, 3.05) is 37.8 Å². The molecule has 51 heavy (non-hydrogen) atoms. The Bertz CT molecular complexity index is 1810. The van der Waals surface area contributed by atoms with E-state index >= 15 is 0 Å². The number of carboxylic acid groups (broad SMARTS) is 1. The quantitative estimate of drug-likeness (QED) is 0.0512. The first-order chi connectivity index (χ1) is 24.8.